The van der Waals surface area contributed by atoms with E-state index in [1.807, 2.05) is 42.5 Å². The molecule has 4 rings (SSSR count). The maximum absolute atomic E-state index is 5.97. The van der Waals surface area contributed by atoms with Gasteiger partial charge in [0.25, 0.3) is 0 Å². The van der Waals surface area contributed by atoms with E-state index < -0.39 is 0 Å². The largest absolute Gasteiger partial charge is 0.486 e. The number of rotatable bonds is 7. The summed E-state index contributed by atoms with van der Waals surface area (Å²) in [5.41, 5.74) is 2.10. The molecular formula is C22H27N5O2. The van der Waals surface area contributed by atoms with Crippen LogP contribution in [0, 0.1) is 0 Å². The zero-order chi connectivity index (χ0) is 19.9. The molecule has 1 atom stereocenters. The van der Waals surface area contributed by atoms with Crippen LogP contribution in [0.4, 0.5) is 0 Å². The second-order valence-electron chi connectivity index (χ2n) is 6.95. The van der Waals surface area contributed by atoms with Crippen LogP contribution in [0.2, 0.25) is 0 Å². The molecule has 1 aliphatic heterocycles. The van der Waals surface area contributed by atoms with E-state index in [0.717, 1.165) is 60.2 Å². The summed E-state index contributed by atoms with van der Waals surface area (Å²) in [5, 5.41) is 6.66. The first-order valence-corrected chi connectivity index (χ1v) is 10.2. The molecule has 0 fully saturated rings. The van der Waals surface area contributed by atoms with E-state index in [9.17, 15) is 0 Å². The number of benzene rings is 2. The zero-order valence-corrected chi connectivity index (χ0v) is 16.6. The Labute approximate surface area is 170 Å². The predicted molar refractivity (Wildman–Crippen MR) is 115 cm³/mol. The van der Waals surface area contributed by atoms with Gasteiger partial charge in [0.1, 0.15) is 12.4 Å². The number of nitrogens with zero attached hydrogens (tertiary/aromatic N) is 2. The number of nitrogens with one attached hydrogen (secondary N) is 3. The standard InChI is InChI=1S/C22H27N5O2/c1-2-23-22(25-14-16-15-28-19-10-5-6-11-20(19)29-16)24-13-7-12-21-26-17-8-3-4-9-18(17)27-21/h3-6,8-11,16H,2,7,12-15H2,1H3,(H,26,27)(H2,23,24,25). The van der Waals surface area contributed by atoms with Gasteiger partial charge in [0.05, 0.1) is 17.6 Å². The summed E-state index contributed by atoms with van der Waals surface area (Å²) in [4.78, 5) is 12.6. The Hall–Kier alpha value is -3.22. The monoisotopic (exact) mass is 393 g/mol. The van der Waals surface area contributed by atoms with Gasteiger partial charge < -0.3 is 25.1 Å². The second-order valence-corrected chi connectivity index (χ2v) is 6.95. The number of hydrogen-bond donors (Lipinski definition) is 3. The van der Waals surface area contributed by atoms with Gasteiger partial charge in [-0.3, -0.25) is 0 Å². The molecular weight excluding hydrogens is 366 g/mol. The molecule has 152 valence electrons. The average molecular weight is 393 g/mol. The quantitative estimate of drug-likeness (QED) is 0.327. The summed E-state index contributed by atoms with van der Waals surface area (Å²) >= 11 is 0. The molecule has 0 aliphatic carbocycles. The number of ether oxygens (including phenoxy) is 2. The van der Waals surface area contributed by atoms with Crippen molar-refractivity contribution in [2.24, 2.45) is 4.99 Å². The fourth-order valence-corrected chi connectivity index (χ4v) is 3.27. The average Bonchev–Trinajstić information content (AvgIpc) is 3.17. The first-order valence-electron chi connectivity index (χ1n) is 10.2. The Kier molecular flexibility index (Phi) is 6.14. The van der Waals surface area contributed by atoms with Crippen LogP contribution in [0.25, 0.3) is 11.0 Å². The van der Waals surface area contributed by atoms with Gasteiger partial charge in [0.15, 0.2) is 23.6 Å². The van der Waals surface area contributed by atoms with Gasteiger partial charge in [0.2, 0.25) is 0 Å². The van der Waals surface area contributed by atoms with Crippen molar-refractivity contribution >= 4 is 17.0 Å². The first-order chi connectivity index (χ1) is 14.3. The molecule has 3 N–H and O–H groups in total. The third-order valence-corrected chi connectivity index (χ3v) is 4.69. The fraction of sp³-hybridized carbons (Fsp3) is 0.364. The third kappa shape index (κ3) is 4.99. The van der Waals surface area contributed by atoms with Crippen LogP contribution in [0.15, 0.2) is 53.5 Å². The lowest BCUT2D eigenvalue weighted by Gasteiger charge is -2.25. The number of imidazole rings is 1. The Morgan fingerprint density at radius 1 is 1.14 bits per heavy atom. The minimum Gasteiger partial charge on any atom is -0.486 e. The normalized spacial score (nSPS) is 16.0. The number of H-pyrrole nitrogens is 1. The Balaban J connectivity index is 1.25. The van der Waals surface area contributed by atoms with Crippen molar-refractivity contribution in [3.05, 3.63) is 54.4 Å². The van der Waals surface area contributed by atoms with E-state index in [4.69, 9.17) is 9.47 Å². The van der Waals surface area contributed by atoms with Crippen molar-refractivity contribution in [3.8, 4) is 11.5 Å². The highest BCUT2D eigenvalue weighted by Crippen LogP contribution is 2.30. The minimum atomic E-state index is -0.0871. The van der Waals surface area contributed by atoms with Crippen LogP contribution in [0.3, 0.4) is 0 Å². The predicted octanol–water partition coefficient (Wildman–Crippen LogP) is 2.89. The molecule has 29 heavy (non-hydrogen) atoms. The van der Waals surface area contributed by atoms with Crippen molar-refractivity contribution in [1.29, 1.82) is 0 Å². The van der Waals surface area contributed by atoms with Crippen LogP contribution < -0.4 is 20.1 Å². The molecule has 0 saturated carbocycles. The molecule has 0 bridgehead atoms. The number of para-hydroxylation sites is 4. The highest BCUT2D eigenvalue weighted by atomic mass is 16.6. The van der Waals surface area contributed by atoms with Gasteiger partial charge >= 0.3 is 0 Å². The Morgan fingerprint density at radius 2 is 1.97 bits per heavy atom. The Morgan fingerprint density at radius 3 is 2.83 bits per heavy atom. The lowest BCUT2D eigenvalue weighted by Crippen LogP contribution is -2.40. The number of fused-ring (bicyclic) bond motifs is 2. The lowest BCUT2D eigenvalue weighted by molar-refractivity contribution is 0.0971. The number of hydrogen-bond acceptors (Lipinski definition) is 4. The summed E-state index contributed by atoms with van der Waals surface area (Å²) < 4.78 is 11.7. The first kappa shape index (κ1) is 19.1. The van der Waals surface area contributed by atoms with E-state index >= 15 is 0 Å². The smallest absolute Gasteiger partial charge is 0.191 e. The van der Waals surface area contributed by atoms with E-state index in [2.05, 4.69) is 38.6 Å². The molecule has 1 aromatic heterocycles. The van der Waals surface area contributed by atoms with E-state index in [1.54, 1.807) is 0 Å². The van der Waals surface area contributed by atoms with Gasteiger partial charge in [-0.25, -0.2) is 9.98 Å². The van der Waals surface area contributed by atoms with Crippen LogP contribution in [-0.4, -0.2) is 48.3 Å². The van der Waals surface area contributed by atoms with Crippen LogP contribution in [-0.2, 0) is 6.42 Å². The van der Waals surface area contributed by atoms with Crippen molar-refractivity contribution in [3.63, 3.8) is 0 Å². The highest BCUT2D eigenvalue weighted by Gasteiger charge is 2.20. The van der Waals surface area contributed by atoms with Crippen LogP contribution >= 0.6 is 0 Å². The van der Waals surface area contributed by atoms with Crippen LogP contribution in [0.1, 0.15) is 19.2 Å². The third-order valence-electron chi connectivity index (χ3n) is 4.69. The van der Waals surface area contributed by atoms with Crippen molar-refractivity contribution in [2.45, 2.75) is 25.9 Å². The second kappa shape index (κ2) is 9.32. The molecule has 0 amide bonds. The molecule has 2 aromatic carbocycles. The number of guanidine groups is 1. The van der Waals surface area contributed by atoms with Gasteiger partial charge in [-0.1, -0.05) is 24.3 Å². The molecule has 2 heterocycles. The van der Waals surface area contributed by atoms with E-state index in [1.165, 1.54) is 0 Å². The van der Waals surface area contributed by atoms with Gasteiger partial charge in [-0.2, -0.15) is 0 Å². The topological polar surface area (TPSA) is 83.6 Å². The molecule has 0 radical (unpaired) electrons. The molecule has 3 aromatic rings. The lowest BCUT2D eigenvalue weighted by atomic mass is 10.2. The summed E-state index contributed by atoms with van der Waals surface area (Å²) in [7, 11) is 0. The minimum absolute atomic E-state index is 0.0871. The van der Waals surface area contributed by atoms with Crippen molar-refractivity contribution in [2.75, 3.05) is 26.2 Å². The number of aromatic nitrogens is 2. The van der Waals surface area contributed by atoms with Gasteiger partial charge in [-0.15, -0.1) is 0 Å². The number of aryl methyl sites for hydroxylation is 1. The molecule has 7 heteroatoms. The molecule has 0 saturated heterocycles. The molecule has 1 unspecified atom stereocenters. The highest BCUT2D eigenvalue weighted by molar-refractivity contribution is 5.79. The summed E-state index contributed by atoms with van der Waals surface area (Å²) in [5.74, 6) is 3.38. The number of aromatic amines is 1. The van der Waals surface area contributed by atoms with Gasteiger partial charge in [0, 0.05) is 19.5 Å². The molecule has 1 aliphatic rings. The number of aliphatic imine (C=N–C) groups is 1. The molecule has 0 spiro atoms. The molecule has 7 nitrogen and oxygen atoms in total. The maximum atomic E-state index is 5.97. The van der Waals surface area contributed by atoms with E-state index in [-0.39, 0.29) is 6.10 Å². The summed E-state index contributed by atoms with van der Waals surface area (Å²) in [6, 6.07) is 15.8. The van der Waals surface area contributed by atoms with Gasteiger partial charge in [-0.05, 0) is 37.6 Å². The maximum Gasteiger partial charge on any atom is 0.191 e. The fourth-order valence-electron chi connectivity index (χ4n) is 3.27. The Bertz CT molecular complexity index is 936. The SMILES string of the molecule is CCNC(=NCC1COc2ccccc2O1)NCCCc1nc2ccccc2[nH]1. The van der Waals surface area contributed by atoms with E-state index in [0.29, 0.717) is 13.2 Å². The van der Waals surface area contributed by atoms with Crippen LogP contribution in [0.5, 0.6) is 11.5 Å². The summed E-state index contributed by atoms with van der Waals surface area (Å²) in [6.45, 7) is 4.72. The zero-order valence-electron chi connectivity index (χ0n) is 16.6. The van der Waals surface area contributed by atoms with Crippen molar-refractivity contribution < 1.29 is 9.47 Å². The van der Waals surface area contributed by atoms with Crippen molar-refractivity contribution in [1.82, 2.24) is 20.6 Å². The summed E-state index contributed by atoms with van der Waals surface area (Å²) in [6.07, 6.45) is 1.76.